The van der Waals surface area contributed by atoms with E-state index >= 15 is 0 Å². The van der Waals surface area contributed by atoms with Crippen LogP contribution in [0.15, 0.2) is 0 Å². The summed E-state index contributed by atoms with van der Waals surface area (Å²) in [7, 11) is 2.17. The molecule has 0 bridgehead atoms. The number of rotatable bonds is 5. The summed E-state index contributed by atoms with van der Waals surface area (Å²) in [5, 5.41) is 2.32. The van der Waals surface area contributed by atoms with Crippen molar-refractivity contribution >= 4 is 31.9 Å². The fourth-order valence-corrected chi connectivity index (χ4v) is 2.21. The largest absolute Gasteiger partial charge is 0.306 e. The molecular weight excluding hydrogens is 306 g/mol. The Bertz CT molecular complexity index is 97.5. The number of nitrogens with zero attached hydrogens (tertiary/aromatic N) is 1. The van der Waals surface area contributed by atoms with Crippen molar-refractivity contribution in [2.24, 2.45) is 0 Å². The van der Waals surface area contributed by atoms with Crippen LogP contribution in [0.1, 0.15) is 38.5 Å². The molecule has 0 saturated carbocycles. The van der Waals surface area contributed by atoms with E-state index in [1.165, 1.54) is 51.6 Å². The average Bonchev–Trinajstić information content (AvgIpc) is 2.65. The molecule has 0 atom stereocenters. The normalized spacial score (nSPS) is 16.5. The van der Waals surface area contributed by atoms with E-state index in [9.17, 15) is 0 Å². The zero-order valence-electron chi connectivity index (χ0n) is 9.27. The molecule has 0 spiro atoms. The Balaban J connectivity index is 0.000000249. The molecule has 0 aromatic carbocycles. The molecule has 1 nitrogen and oxygen atoms in total. The van der Waals surface area contributed by atoms with Gasteiger partial charge in [-0.1, -0.05) is 44.7 Å². The van der Waals surface area contributed by atoms with Crippen LogP contribution < -0.4 is 0 Å². The zero-order chi connectivity index (χ0) is 10.6. The second-order valence-corrected chi connectivity index (χ2v) is 5.39. The molecule has 1 rings (SSSR count). The maximum Gasteiger partial charge on any atom is 0.00313 e. The molecular formula is C11H23Br2N. The topological polar surface area (TPSA) is 3.24 Å². The second kappa shape index (κ2) is 12.0. The number of alkyl halides is 2. The van der Waals surface area contributed by atoms with E-state index < -0.39 is 0 Å². The van der Waals surface area contributed by atoms with Crippen LogP contribution in [-0.4, -0.2) is 35.7 Å². The predicted octanol–water partition coefficient (Wildman–Crippen LogP) is 4.05. The van der Waals surface area contributed by atoms with Gasteiger partial charge in [0.05, 0.1) is 0 Å². The highest BCUT2D eigenvalue weighted by molar-refractivity contribution is 9.09. The lowest BCUT2D eigenvalue weighted by Gasteiger charge is -2.01. The third-order valence-electron chi connectivity index (χ3n) is 2.35. The monoisotopic (exact) mass is 327 g/mol. The molecule has 0 aromatic heterocycles. The highest BCUT2D eigenvalue weighted by Crippen LogP contribution is 2.03. The summed E-state index contributed by atoms with van der Waals surface area (Å²) in [5.74, 6) is 0. The first-order valence-corrected chi connectivity index (χ1v) is 7.86. The quantitative estimate of drug-likeness (QED) is 0.543. The van der Waals surface area contributed by atoms with E-state index in [4.69, 9.17) is 0 Å². The molecule has 3 heteroatoms. The molecule has 0 radical (unpaired) electrons. The summed E-state index contributed by atoms with van der Waals surface area (Å²) in [6.07, 6.45) is 8.22. The first-order valence-electron chi connectivity index (χ1n) is 5.61. The standard InChI is InChI=1S/C6H12Br2.C5H11N/c7-5-3-1-2-4-6-8;1-6-4-2-3-5-6/h1-6H2;2-5H2,1H3. The molecule has 86 valence electrons. The molecule has 0 aromatic rings. The minimum Gasteiger partial charge on any atom is -0.306 e. The van der Waals surface area contributed by atoms with Crippen LogP contribution in [0.25, 0.3) is 0 Å². The van der Waals surface area contributed by atoms with E-state index in [-0.39, 0.29) is 0 Å². The van der Waals surface area contributed by atoms with Crippen LogP contribution in [-0.2, 0) is 0 Å². The summed E-state index contributed by atoms with van der Waals surface area (Å²) in [6.45, 7) is 2.64. The van der Waals surface area contributed by atoms with Gasteiger partial charge in [0.15, 0.2) is 0 Å². The van der Waals surface area contributed by atoms with Gasteiger partial charge in [0.1, 0.15) is 0 Å². The Morgan fingerprint density at radius 2 is 1.29 bits per heavy atom. The Morgan fingerprint density at radius 1 is 0.857 bits per heavy atom. The number of unbranched alkanes of at least 4 members (excludes halogenated alkanes) is 3. The van der Waals surface area contributed by atoms with Crippen LogP contribution >= 0.6 is 31.9 Å². The first kappa shape index (κ1) is 14.9. The number of hydrogen-bond acceptors (Lipinski definition) is 1. The lowest BCUT2D eigenvalue weighted by atomic mass is 10.2. The van der Waals surface area contributed by atoms with E-state index in [0.29, 0.717) is 0 Å². The van der Waals surface area contributed by atoms with Crippen molar-refractivity contribution in [3.63, 3.8) is 0 Å². The van der Waals surface area contributed by atoms with E-state index in [0.717, 1.165) is 10.7 Å². The van der Waals surface area contributed by atoms with Gasteiger partial charge in [-0.25, -0.2) is 0 Å². The Morgan fingerprint density at radius 3 is 1.50 bits per heavy atom. The van der Waals surface area contributed by atoms with E-state index in [2.05, 4.69) is 43.8 Å². The second-order valence-electron chi connectivity index (χ2n) is 3.80. The van der Waals surface area contributed by atoms with Crippen molar-refractivity contribution < 1.29 is 0 Å². The van der Waals surface area contributed by atoms with Gasteiger partial charge >= 0.3 is 0 Å². The zero-order valence-corrected chi connectivity index (χ0v) is 12.4. The van der Waals surface area contributed by atoms with Gasteiger partial charge in [-0.3, -0.25) is 0 Å². The molecule has 0 unspecified atom stereocenters. The lowest BCUT2D eigenvalue weighted by Crippen LogP contribution is -2.10. The summed E-state index contributed by atoms with van der Waals surface area (Å²) < 4.78 is 0. The third-order valence-corrected chi connectivity index (χ3v) is 3.47. The molecule has 0 aliphatic carbocycles. The summed E-state index contributed by atoms with van der Waals surface area (Å²) in [4.78, 5) is 2.36. The highest BCUT2D eigenvalue weighted by atomic mass is 79.9. The Labute approximate surface area is 106 Å². The van der Waals surface area contributed by atoms with Crippen molar-refractivity contribution in [2.45, 2.75) is 38.5 Å². The van der Waals surface area contributed by atoms with Crippen molar-refractivity contribution in [3.05, 3.63) is 0 Å². The third kappa shape index (κ3) is 11.0. The van der Waals surface area contributed by atoms with Crippen LogP contribution in [0, 0.1) is 0 Å². The minimum absolute atomic E-state index is 1.16. The lowest BCUT2D eigenvalue weighted by molar-refractivity contribution is 0.418. The molecule has 1 heterocycles. The van der Waals surface area contributed by atoms with Crippen LogP contribution in [0.2, 0.25) is 0 Å². The van der Waals surface area contributed by atoms with Gasteiger partial charge in [-0.15, -0.1) is 0 Å². The smallest absolute Gasteiger partial charge is 0.00313 e. The molecule has 1 aliphatic rings. The maximum absolute atomic E-state index is 3.39. The SMILES string of the molecule is BrCCCCCCBr.CN1CCCC1. The molecule has 1 saturated heterocycles. The van der Waals surface area contributed by atoms with Gasteiger partial charge in [-0.2, -0.15) is 0 Å². The Kier molecular flexibility index (Phi) is 12.8. The molecule has 14 heavy (non-hydrogen) atoms. The fourth-order valence-electron chi connectivity index (χ4n) is 1.42. The first-order chi connectivity index (χ1) is 6.81. The highest BCUT2D eigenvalue weighted by Gasteiger charge is 2.03. The fraction of sp³-hybridized carbons (Fsp3) is 1.00. The maximum atomic E-state index is 3.39. The number of halogens is 2. The van der Waals surface area contributed by atoms with Crippen LogP contribution in [0.4, 0.5) is 0 Å². The number of likely N-dealkylation sites (tertiary alicyclic amines) is 1. The summed E-state index contributed by atoms with van der Waals surface area (Å²) in [6, 6.07) is 0. The molecule has 0 N–H and O–H groups in total. The number of hydrogen-bond donors (Lipinski definition) is 0. The van der Waals surface area contributed by atoms with Crippen LogP contribution in [0.3, 0.4) is 0 Å². The van der Waals surface area contributed by atoms with Gasteiger partial charge in [0.25, 0.3) is 0 Å². The van der Waals surface area contributed by atoms with Crippen molar-refractivity contribution in [2.75, 3.05) is 30.8 Å². The molecule has 1 aliphatic heterocycles. The van der Waals surface area contributed by atoms with Crippen LogP contribution in [0.5, 0.6) is 0 Å². The van der Waals surface area contributed by atoms with Gasteiger partial charge in [-0.05, 0) is 45.8 Å². The van der Waals surface area contributed by atoms with Crippen molar-refractivity contribution in [1.82, 2.24) is 4.90 Å². The Hall–Kier alpha value is 0.920. The summed E-state index contributed by atoms with van der Waals surface area (Å²) in [5.41, 5.74) is 0. The summed E-state index contributed by atoms with van der Waals surface area (Å²) >= 11 is 6.78. The van der Waals surface area contributed by atoms with Gasteiger partial charge < -0.3 is 4.90 Å². The molecule has 0 amide bonds. The van der Waals surface area contributed by atoms with Crippen molar-refractivity contribution in [1.29, 1.82) is 0 Å². The molecule has 1 fully saturated rings. The predicted molar refractivity (Wildman–Crippen MR) is 72.8 cm³/mol. The van der Waals surface area contributed by atoms with Gasteiger partial charge in [0.2, 0.25) is 0 Å². The average molecular weight is 329 g/mol. The minimum atomic E-state index is 1.16. The van der Waals surface area contributed by atoms with E-state index in [1.807, 2.05) is 0 Å². The van der Waals surface area contributed by atoms with Gasteiger partial charge in [0, 0.05) is 10.7 Å². The van der Waals surface area contributed by atoms with E-state index in [1.54, 1.807) is 0 Å². The van der Waals surface area contributed by atoms with Crippen molar-refractivity contribution in [3.8, 4) is 0 Å².